The summed E-state index contributed by atoms with van der Waals surface area (Å²) < 4.78 is 9.82. The van der Waals surface area contributed by atoms with Crippen LogP contribution in [0.3, 0.4) is 0 Å². The largest absolute Gasteiger partial charge is 0.444 e. The number of amides is 1. The first-order chi connectivity index (χ1) is 12.8. The first kappa shape index (κ1) is 23.1. The van der Waals surface area contributed by atoms with E-state index in [1.165, 1.54) is 4.88 Å². The van der Waals surface area contributed by atoms with Gasteiger partial charge in [0.2, 0.25) is 0 Å². The Bertz CT molecular complexity index is 674. The maximum absolute atomic E-state index is 11.6. The normalized spacial score (nSPS) is 10.7. The van der Waals surface area contributed by atoms with Crippen LogP contribution in [0, 0.1) is 6.92 Å². The number of thiazole rings is 1. The summed E-state index contributed by atoms with van der Waals surface area (Å²) in [6.07, 6.45) is 0.348. The fourth-order valence-electron chi connectivity index (χ4n) is 2.05. The lowest BCUT2D eigenvalue weighted by Crippen LogP contribution is -2.32. The van der Waals surface area contributed by atoms with Crippen molar-refractivity contribution in [1.82, 2.24) is 10.3 Å². The number of carbonyl (C=O) groups is 1. The molecule has 2 rings (SSSR count). The van der Waals surface area contributed by atoms with Crippen molar-refractivity contribution in [2.75, 3.05) is 20.3 Å². The predicted molar refractivity (Wildman–Crippen MR) is 109 cm³/mol. The van der Waals surface area contributed by atoms with E-state index < -0.39 is 11.7 Å². The second kappa shape index (κ2) is 11.7. The van der Waals surface area contributed by atoms with Crippen molar-refractivity contribution in [2.45, 2.75) is 46.3 Å². The number of methoxy groups -OCH3 is 1. The summed E-state index contributed by atoms with van der Waals surface area (Å²) in [4.78, 5) is 17.0. The van der Waals surface area contributed by atoms with Gasteiger partial charge in [-0.1, -0.05) is 24.3 Å². The summed E-state index contributed by atoms with van der Waals surface area (Å²) in [5.41, 5.74) is 4.60. The van der Waals surface area contributed by atoms with Crippen molar-refractivity contribution in [3.05, 3.63) is 41.0 Å². The molecule has 0 saturated heterocycles. The van der Waals surface area contributed by atoms with Crippen LogP contribution in [0.15, 0.2) is 29.8 Å². The van der Waals surface area contributed by atoms with Crippen LogP contribution < -0.4 is 5.32 Å². The highest BCUT2D eigenvalue weighted by atomic mass is 32.1. The first-order valence-corrected chi connectivity index (χ1v) is 9.71. The van der Waals surface area contributed by atoms with Crippen LogP contribution in [0.5, 0.6) is 0 Å². The number of hydrogen-bond acceptors (Lipinski definition) is 6. The fraction of sp³-hybridized carbons (Fsp3) is 0.500. The number of hydrogen-bond donors (Lipinski definition) is 2. The van der Waals surface area contributed by atoms with Gasteiger partial charge >= 0.3 is 6.09 Å². The number of ether oxygens (including phenoxy) is 2. The molecule has 2 N–H and O–H groups in total. The second-order valence-corrected chi connectivity index (χ2v) is 7.74. The van der Waals surface area contributed by atoms with Gasteiger partial charge in [0.1, 0.15) is 5.60 Å². The minimum atomic E-state index is -0.475. The molecule has 0 fully saturated rings. The molecule has 0 unspecified atom stereocenters. The van der Waals surface area contributed by atoms with Gasteiger partial charge in [0.05, 0.1) is 16.1 Å². The Morgan fingerprint density at radius 2 is 1.93 bits per heavy atom. The van der Waals surface area contributed by atoms with E-state index in [9.17, 15) is 4.79 Å². The van der Waals surface area contributed by atoms with Crippen molar-refractivity contribution in [2.24, 2.45) is 0 Å². The monoisotopic (exact) mass is 394 g/mol. The zero-order valence-corrected chi connectivity index (χ0v) is 17.6. The summed E-state index contributed by atoms with van der Waals surface area (Å²) in [5, 5.41) is 10.9. The topological polar surface area (TPSA) is 80.7 Å². The molecule has 1 amide bonds. The van der Waals surface area contributed by atoms with Crippen molar-refractivity contribution < 1.29 is 19.4 Å². The number of nitrogens with zero attached hydrogens (tertiary/aromatic N) is 1. The molecule has 6 nitrogen and oxygen atoms in total. The number of aromatic nitrogens is 1. The molecule has 0 aliphatic rings. The third-order valence-corrected chi connectivity index (χ3v) is 4.28. The van der Waals surface area contributed by atoms with Crippen LogP contribution in [0.1, 0.15) is 38.4 Å². The van der Waals surface area contributed by atoms with E-state index >= 15 is 0 Å². The molecule has 0 saturated carbocycles. The van der Waals surface area contributed by atoms with E-state index in [-0.39, 0.29) is 6.61 Å². The molecule has 0 atom stereocenters. The Labute approximate surface area is 165 Å². The van der Waals surface area contributed by atoms with E-state index in [1.54, 1.807) is 18.4 Å². The lowest BCUT2D eigenvalue weighted by molar-refractivity contribution is 0.0523. The zero-order valence-electron chi connectivity index (χ0n) is 16.7. The Morgan fingerprint density at radius 1 is 1.26 bits per heavy atom. The average molecular weight is 395 g/mol. The molecule has 2 aromatic rings. The highest BCUT2D eigenvalue weighted by molar-refractivity contribution is 7.13. The summed E-state index contributed by atoms with van der Waals surface area (Å²) in [6, 6.07) is 8.11. The molecule has 0 radical (unpaired) electrons. The Morgan fingerprint density at radius 3 is 2.37 bits per heavy atom. The first-order valence-electron chi connectivity index (χ1n) is 8.83. The number of aliphatic hydroxyl groups is 1. The number of rotatable bonds is 6. The Balaban J connectivity index is 0.000000527. The van der Waals surface area contributed by atoms with E-state index in [1.807, 2.05) is 57.5 Å². The zero-order chi connectivity index (χ0) is 20.3. The number of carbonyl (C=O) groups excluding carboxylic acids is 1. The summed E-state index contributed by atoms with van der Waals surface area (Å²) in [5.74, 6) is 0. The molecule has 1 aromatic heterocycles. The van der Waals surface area contributed by atoms with Crippen LogP contribution in [-0.4, -0.2) is 42.1 Å². The lowest BCUT2D eigenvalue weighted by atomic mass is 10.1. The van der Waals surface area contributed by atoms with Crippen LogP contribution in [0.2, 0.25) is 0 Å². The Kier molecular flexibility index (Phi) is 9.99. The number of alkyl carbamates (subject to hydrolysis) is 1. The number of aryl methyl sites for hydroxylation is 1. The van der Waals surface area contributed by atoms with Gasteiger partial charge in [0.15, 0.2) is 0 Å². The molecule has 1 heterocycles. The van der Waals surface area contributed by atoms with Gasteiger partial charge in [-0.25, -0.2) is 9.78 Å². The van der Waals surface area contributed by atoms with Crippen LogP contribution in [0.4, 0.5) is 4.79 Å². The molecule has 0 aliphatic heterocycles. The number of benzene rings is 1. The number of nitrogens with one attached hydrogen (secondary N) is 1. The molecule has 1 aromatic carbocycles. The molecular formula is C20H30N2O4S. The quantitative estimate of drug-likeness (QED) is 0.719. The maximum atomic E-state index is 11.6. The van der Waals surface area contributed by atoms with Gasteiger partial charge < -0.3 is 19.9 Å². The SMILES string of the molecule is COCCCO.Cc1ncsc1-c1ccc(CNC(=O)OC(C)(C)C)cc1. The molecule has 0 spiro atoms. The molecule has 150 valence electrons. The van der Waals surface area contributed by atoms with E-state index in [0.717, 1.165) is 23.2 Å². The van der Waals surface area contributed by atoms with Crippen LogP contribution in [-0.2, 0) is 16.0 Å². The fourth-order valence-corrected chi connectivity index (χ4v) is 2.86. The van der Waals surface area contributed by atoms with Gasteiger partial charge in [-0.2, -0.15) is 0 Å². The van der Waals surface area contributed by atoms with Gasteiger partial charge in [0.25, 0.3) is 0 Å². The smallest absolute Gasteiger partial charge is 0.407 e. The summed E-state index contributed by atoms with van der Waals surface area (Å²) in [7, 11) is 1.62. The van der Waals surface area contributed by atoms with E-state index in [2.05, 4.69) is 15.0 Å². The number of aliphatic hydroxyl groups excluding tert-OH is 1. The van der Waals surface area contributed by atoms with Gasteiger partial charge in [-0.3, -0.25) is 0 Å². The molecule has 7 heteroatoms. The lowest BCUT2D eigenvalue weighted by Gasteiger charge is -2.19. The highest BCUT2D eigenvalue weighted by Gasteiger charge is 2.15. The Hall–Kier alpha value is -1.96. The van der Waals surface area contributed by atoms with Crippen molar-refractivity contribution in [1.29, 1.82) is 0 Å². The summed E-state index contributed by atoms with van der Waals surface area (Å²) in [6.45, 7) is 8.89. The minimum absolute atomic E-state index is 0.230. The van der Waals surface area contributed by atoms with Crippen molar-refractivity contribution in [3.8, 4) is 10.4 Å². The molecular weight excluding hydrogens is 364 g/mol. The van der Waals surface area contributed by atoms with Crippen molar-refractivity contribution >= 4 is 17.4 Å². The summed E-state index contributed by atoms with van der Waals surface area (Å²) >= 11 is 1.63. The third-order valence-electron chi connectivity index (χ3n) is 3.30. The maximum Gasteiger partial charge on any atom is 0.407 e. The molecule has 0 bridgehead atoms. The van der Waals surface area contributed by atoms with Crippen LogP contribution >= 0.6 is 11.3 Å². The van der Waals surface area contributed by atoms with Gasteiger partial charge in [-0.05, 0) is 45.2 Å². The molecule has 0 aliphatic carbocycles. The van der Waals surface area contributed by atoms with Crippen molar-refractivity contribution in [3.63, 3.8) is 0 Å². The van der Waals surface area contributed by atoms with Gasteiger partial charge in [-0.15, -0.1) is 11.3 Å². The average Bonchev–Trinajstić information content (AvgIpc) is 3.04. The van der Waals surface area contributed by atoms with E-state index in [0.29, 0.717) is 13.2 Å². The van der Waals surface area contributed by atoms with Crippen LogP contribution in [0.25, 0.3) is 10.4 Å². The minimum Gasteiger partial charge on any atom is -0.444 e. The second-order valence-electron chi connectivity index (χ2n) is 6.89. The molecule has 27 heavy (non-hydrogen) atoms. The predicted octanol–water partition coefficient (Wildman–Crippen LogP) is 4.16. The standard InChI is InChI=1S/C16H20N2O2S.C4H10O2/c1-11-14(21-10-18-11)13-7-5-12(6-8-13)9-17-15(19)20-16(2,3)4;1-6-4-2-3-5/h5-8,10H,9H2,1-4H3,(H,17,19);5H,2-4H2,1H3. The highest BCUT2D eigenvalue weighted by Crippen LogP contribution is 2.27. The third kappa shape index (κ3) is 9.51. The van der Waals surface area contributed by atoms with Gasteiger partial charge in [0, 0.05) is 26.9 Å². The van der Waals surface area contributed by atoms with E-state index in [4.69, 9.17) is 9.84 Å².